The van der Waals surface area contributed by atoms with Crippen LogP contribution >= 0.6 is 0 Å². The van der Waals surface area contributed by atoms with Crippen LogP contribution < -0.4 is 5.32 Å². The van der Waals surface area contributed by atoms with E-state index in [1.807, 2.05) is 24.3 Å². The van der Waals surface area contributed by atoms with E-state index in [9.17, 15) is 13.2 Å². The van der Waals surface area contributed by atoms with Gasteiger partial charge in [-0.05, 0) is 29.9 Å². The first-order chi connectivity index (χ1) is 10.9. The maximum atomic E-state index is 11.9. The highest BCUT2D eigenvalue weighted by atomic mass is 32.2. The van der Waals surface area contributed by atoms with Crippen LogP contribution in [0.2, 0.25) is 0 Å². The lowest BCUT2D eigenvalue weighted by Gasteiger charge is -2.22. The highest BCUT2D eigenvalue weighted by molar-refractivity contribution is 7.91. The van der Waals surface area contributed by atoms with Crippen molar-refractivity contribution in [2.75, 3.05) is 11.5 Å². The first kappa shape index (κ1) is 17.7. The molecule has 1 N–H and O–H groups in total. The molecule has 126 valence electrons. The highest BCUT2D eigenvalue weighted by Crippen LogP contribution is 2.15. The molecule has 1 unspecified atom stereocenters. The van der Waals surface area contributed by atoms with E-state index in [4.69, 9.17) is 0 Å². The molecule has 0 aliphatic carbocycles. The van der Waals surface area contributed by atoms with Gasteiger partial charge in [0.25, 0.3) is 0 Å². The summed E-state index contributed by atoms with van der Waals surface area (Å²) >= 11 is 0. The van der Waals surface area contributed by atoms with E-state index >= 15 is 0 Å². The Balaban J connectivity index is 1.81. The average Bonchev–Trinajstić information content (AvgIpc) is 2.46. The van der Waals surface area contributed by atoms with Crippen LogP contribution in [0.15, 0.2) is 30.3 Å². The Kier molecular flexibility index (Phi) is 5.99. The van der Waals surface area contributed by atoms with Crippen molar-refractivity contribution >= 4 is 21.8 Å². The molecule has 0 spiro atoms. The van der Waals surface area contributed by atoms with Gasteiger partial charge in [-0.2, -0.15) is 0 Å². The summed E-state index contributed by atoms with van der Waals surface area (Å²) in [6.07, 6.45) is 5.37. The zero-order valence-electron chi connectivity index (χ0n) is 13.8. The van der Waals surface area contributed by atoms with Gasteiger partial charge in [-0.25, -0.2) is 8.42 Å². The van der Waals surface area contributed by atoms with Crippen molar-refractivity contribution in [3.05, 3.63) is 41.5 Å². The van der Waals surface area contributed by atoms with E-state index in [1.165, 1.54) is 5.56 Å². The minimum Gasteiger partial charge on any atom is -0.352 e. The minimum atomic E-state index is -2.98. The second kappa shape index (κ2) is 7.77. The van der Waals surface area contributed by atoms with Gasteiger partial charge in [0.15, 0.2) is 9.84 Å². The SMILES string of the molecule is CC(C)c1ccc(/C=C/CC(=O)NC2CCCS(=O)(=O)C2)cc1. The largest absolute Gasteiger partial charge is 0.352 e. The Morgan fingerprint density at radius 1 is 1.30 bits per heavy atom. The average molecular weight is 335 g/mol. The van der Waals surface area contributed by atoms with Gasteiger partial charge in [0, 0.05) is 12.5 Å². The lowest BCUT2D eigenvalue weighted by atomic mass is 10.0. The van der Waals surface area contributed by atoms with E-state index in [0.29, 0.717) is 12.3 Å². The van der Waals surface area contributed by atoms with Crippen molar-refractivity contribution in [2.45, 2.75) is 45.1 Å². The van der Waals surface area contributed by atoms with E-state index in [0.717, 1.165) is 12.0 Å². The van der Waals surface area contributed by atoms with Crippen molar-refractivity contribution in [3.8, 4) is 0 Å². The van der Waals surface area contributed by atoms with Crippen LogP contribution in [0.3, 0.4) is 0 Å². The first-order valence-corrected chi connectivity index (χ1v) is 9.94. The smallest absolute Gasteiger partial charge is 0.224 e. The third-order valence-electron chi connectivity index (χ3n) is 4.04. The van der Waals surface area contributed by atoms with Gasteiger partial charge in [-0.15, -0.1) is 0 Å². The van der Waals surface area contributed by atoms with Gasteiger partial charge in [0.1, 0.15) is 0 Å². The minimum absolute atomic E-state index is 0.0686. The lowest BCUT2D eigenvalue weighted by Crippen LogP contribution is -2.42. The summed E-state index contributed by atoms with van der Waals surface area (Å²) in [4.78, 5) is 11.9. The molecule has 1 fully saturated rings. The van der Waals surface area contributed by atoms with Crippen LogP contribution in [0.4, 0.5) is 0 Å². The number of carbonyl (C=O) groups is 1. The molecular formula is C18H25NO3S. The molecule has 1 saturated heterocycles. The fourth-order valence-corrected chi connectivity index (χ4v) is 4.35. The Labute approximate surface area is 138 Å². The number of rotatable bonds is 5. The molecule has 1 aliphatic heterocycles. The molecule has 1 aromatic carbocycles. The molecule has 0 radical (unpaired) electrons. The Bertz CT molecular complexity index is 660. The third-order valence-corrected chi connectivity index (χ3v) is 5.87. The predicted molar refractivity (Wildman–Crippen MR) is 94.0 cm³/mol. The number of hydrogen-bond acceptors (Lipinski definition) is 3. The van der Waals surface area contributed by atoms with Crippen LogP contribution in [0.1, 0.15) is 50.2 Å². The number of sulfone groups is 1. The van der Waals surface area contributed by atoms with Crippen LogP contribution in [0, 0.1) is 0 Å². The van der Waals surface area contributed by atoms with Crippen LogP contribution in [0.25, 0.3) is 6.08 Å². The molecule has 1 aliphatic rings. The molecule has 23 heavy (non-hydrogen) atoms. The second-order valence-electron chi connectivity index (χ2n) is 6.45. The summed E-state index contributed by atoms with van der Waals surface area (Å²) in [6, 6.07) is 8.03. The molecule has 0 aromatic heterocycles. The summed E-state index contributed by atoms with van der Waals surface area (Å²) in [6.45, 7) is 4.31. The van der Waals surface area contributed by atoms with Crippen molar-refractivity contribution in [1.29, 1.82) is 0 Å². The monoisotopic (exact) mass is 335 g/mol. The quantitative estimate of drug-likeness (QED) is 0.900. The third kappa shape index (κ3) is 5.82. The van der Waals surface area contributed by atoms with E-state index in [-0.39, 0.29) is 29.9 Å². The van der Waals surface area contributed by atoms with Crippen LogP contribution in [0.5, 0.6) is 0 Å². The molecule has 1 heterocycles. The zero-order valence-corrected chi connectivity index (χ0v) is 14.6. The number of amides is 1. The van der Waals surface area contributed by atoms with Crippen molar-refractivity contribution in [1.82, 2.24) is 5.32 Å². The van der Waals surface area contributed by atoms with Crippen LogP contribution in [-0.2, 0) is 14.6 Å². The standard InChI is InChI=1S/C18H25NO3S/c1-14(2)16-10-8-15(9-11-16)5-3-7-18(20)19-17-6-4-12-23(21,22)13-17/h3,5,8-11,14,17H,4,6-7,12-13H2,1-2H3,(H,19,20)/b5-3+. The molecular weight excluding hydrogens is 310 g/mol. The second-order valence-corrected chi connectivity index (χ2v) is 8.68. The summed E-state index contributed by atoms with van der Waals surface area (Å²) in [7, 11) is -2.98. The summed E-state index contributed by atoms with van der Waals surface area (Å²) in [5.74, 6) is 0.692. The van der Waals surface area contributed by atoms with Crippen LogP contribution in [-0.4, -0.2) is 31.9 Å². The van der Waals surface area contributed by atoms with E-state index < -0.39 is 9.84 Å². The summed E-state index contributed by atoms with van der Waals surface area (Å²) in [5, 5.41) is 2.82. The van der Waals surface area contributed by atoms with E-state index in [1.54, 1.807) is 0 Å². The zero-order chi connectivity index (χ0) is 16.9. The number of carbonyl (C=O) groups excluding carboxylic acids is 1. The van der Waals surface area contributed by atoms with Gasteiger partial charge in [0.2, 0.25) is 5.91 Å². The van der Waals surface area contributed by atoms with Crippen molar-refractivity contribution in [2.24, 2.45) is 0 Å². The maximum absolute atomic E-state index is 11.9. The Hall–Kier alpha value is -1.62. The first-order valence-electron chi connectivity index (χ1n) is 8.12. The van der Waals surface area contributed by atoms with Gasteiger partial charge in [-0.3, -0.25) is 4.79 Å². The molecule has 0 saturated carbocycles. The number of hydrogen-bond donors (Lipinski definition) is 1. The predicted octanol–water partition coefficient (Wildman–Crippen LogP) is 2.91. The van der Waals surface area contributed by atoms with E-state index in [2.05, 4.69) is 31.3 Å². The summed E-state index contributed by atoms with van der Waals surface area (Å²) in [5.41, 5.74) is 2.35. The van der Waals surface area contributed by atoms with Crippen molar-refractivity contribution < 1.29 is 13.2 Å². The maximum Gasteiger partial charge on any atom is 0.224 e. The van der Waals surface area contributed by atoms with Gasteiger partial charge < -0.3 is 5.32 Å². The molecule has 1 amide bonds. The molecule has 1 aromatic rings. The fourth-order valence-electron chi connectivity index (χ4n) is 2.72. The Morgan fingerprint density at radius 2 is 2.00 bits per heavy atom. The molecule has 0 bridgehead atoms. The van der Waals surface area contributed by atoms with Gasteiger partial charge >= 0.3 is 0 Å². The topological polar surface area (TPSA) is 63.2 Å². The van der Waals surface area contributed by atoms with Gasteiger partial charge in [0.05, 0.1) is 11.5 Å². The molecule has 2 rings (SSSR count). The Morgan fingerprint density at radius 3 is 2.61 bits per heavy atom. The molecule has 5 heteroatoms. The molecule has 1 atom stereocenters. The normalized spacial score (nSPS) is 20.7. The fraction of sp³-hybridized carbons (Fsp3) is 0.500. The van der Waals surface area contributed by atoms with Gasteiger partial charge in [-0.1, -0.05) is 50.3 Å². The number of benzene rings is 1. The number of nitrogens with one attached hydrogen (secondary N) is 1. The summed E-state index contributed by atoms with van der Waals surface area (Å²) < 4.78 is 23.1. The highest BCUT2D eigenvalue weighted by Gasteiger charge is 2.25. The van der Waals surface area contributed by atoms with Crippen molar-refractivity contribution in [3.63, 3.8) is 0 Å². The lowest BCUT2D eigenvalue weighted by molar-refractivity contribution is -0.120. The molecule has 4 nitrogen and oxygen atoms in total.